The van der Waals surface area contributed by atoms with Gasteiger partial charge in [0.1, 0.15) is 5.76 Å². The second-order valence-corrected chi connectivity index (χ2v) is 4.51. The Morgan fingerprint density at radius 2 is 2.29 bits per heavy atom. The number of aryl methyl sites for hydroxylation is 2. The van der Waals surface area contributed by atoms with Crippen molar-refractivity contribution in [1.82, 2.24) is 5.32 Å². The molecule has 0 fully saturated rings. The summed E-state index contributed by atoms with van der Waals surface area (Å²) < 4.78 is 5.35. The second-order valence-electron chi connectivity index (χ2n) is 4.51. The highest BCUT2D eigenvalue weighted by atomic mass is 16.3. The summed E-state index contributed by atoms with van der Waals surface area (Å²) >= 11 is 0. The molecule has 0 saturated carbocycles. The van der Waals surface area contributed by atoms with Gasteiger partial charge in [-0.2, -0.15) is 0 Å². The molecule has 4 nitrogen and oxygen atoms in total. The molecule has 0 aromatic carbocycles. The lowest BCUT2D eigenvalue weighted by molar-refractivity contribution is 0.0911. The van der Waals surface area contributed by atoms with Gasteiger partial charge in [-0.3, -0.25) is 4.79 Å². The van der Waals surface area contributed by atoms with Crippen LogP contribution in [0.4, 0.5) is 0 Å². The number of carbonyl (C=O) groups excluding carboxylic acids is 1. The van der Waals surface area contributed by atoms with E-state index in [2.05, 4.69) is 5.32 Å². The minimum atomic E-state index is -0.191. The minimum Gasteiger partial charge on any atom is -0.456 e. The van der Waals surface area contributed by atoms with E-state index in [1.54, 1.807) is 0 Å². The van der Waals surface area contributed by atoms with E-state index in [4.69, 9.17) is 9.52 Å². The second kappa shape index (κ2) is 4.75. The largest absolute Gasteiger partial charge is 0.456 e. The van der Waals surface area contributed by atoms with Crippen LogP contribution in [0.1, 0.15) is 28.3 Å². The molecule has 1 amide bonds. The Morgan fingerprint density at radius 3 is 2.82 bits per heavy atom. The zero-order valence-corrected chi connectivity index (χ0v) is 10.1. The van der Waals surface area contributed by atoms with E-state index in [-0.39, 0.29) is 24.5 Å². The highest BCUT2D eigenvalue weighted by Crippen LogP contribution is 2.19. The Morgan fingerprint density at radius 1 is 1.53 bits per heavy atom. The molecular weight excluding hydrogens is 218 g/mol. The fourth-order valence-corrected chi connectivity index (χ4v) is 2.12. The lowest BCUT2D eigenvalue weighted by atomic mass is 10.1. The summed E-state index contributed by atoms with van der Waals surface area (Å²) in [4.78, 5) is 11.9. The molecule has 2 rings (SSSR count). The molecule has 2 N–H and O–H groups in total. The number of furan rings is 1. The number of amides is 1. The molecule has 1 aromatic heterocycles. The third-order valence-electron chi connectivity index (χ3n) is 2.97. The first-order valence-corrected chi connectivity index (χ1v) is 5.77. The molecule has 17 heavy (non-hydrogen) atoms. The van der Waals surface area contributed by atoms with Gasteiger partial charge >= 0.3 is 0 Å². The van der Waals surface area contributed by atoms with Crippen molar-refractivity contribution in [3.63, 3.8) is 0 Å². The summed E-state index contributed by atoms with van der Waals surface area (Å²) in [7, 11) is 0. The van der Waals surface area contributed by atoms with Crippen LogP contribution in [-0.4, -0.2) is 23.7 Å². The third-order valence-corrected chi connectivity index (χ3v) is 2.97. The van der Waals surface area contributed by atoms with Gasteiger partial charge in [-0.15, -0.1) is 0 Å². The van der Waals surface area contributed by atoms with Crippen molar-refractivity contribution in [3.05, 3.63) is 35.3 Å². The summed E-state index contributed by atoms with van der Waals surface area (Å²) in [6.45, 7) is 3.80. The first-order chi connectivity index (χ1) is 8.10. The quantitative estimate of drug-likeness (QED) is 0.781. The van der Waals surface area contributed by atoms with Crippen LogP contribution in [0.5, 0.6) is 0 Å². The average molecular weight is 235 g/mol. The van der Waals surface area contributed by atoms with Crippen LogP contribution in [0, 0.1) is 19.8 Å². The normalized spacial score (nSPS) is 23.0. The summed E-state index contributed by atoms with van der Waals surface area (Å²) in [5.41, 5.74) is 0.848. The number of rotatable bonds is 3. The summed E-state index contributed by atoms with van der Waals surface area (Å²) in [6, 6.07) is 1.83. The van der Waals surface area contributed by atoms with Crippen LogP contribution < -0.4 is 5.32 Å². The molecular formula is C13H17NO3. The van der Waals surface area contributed by atoms with Crippen molar-refractivity contribution in [1.29, 1.82) is 0 Å². The first-order valence-electron chi connectivity index (χ1n) is 5.77. The topological polar surface area (TPSA) is 62.5 Å². The first kappa shape index (κ1) is 11.9. The third kappa shape index (κ3) is 2.58. The monoisotopic (exact) mass is 235 g/mol. The maximum Gasteiger partial charge on any atom is 0.287 e. The lowest BCUT2D eigenvalue weighted by Crippen LogP contribution is -2.33. The Balaban J connectivity index is 1.99. The highest BCUT2D eigenvalue weighted by molar-refractivity contribution is 5.93. The van der Waals surface area contributed by atoms with Crippen LogP contribution in [0.25, 0.3) is 0 Å². The van der Waals surface area contributed by atoms with E-state index in [1.165, 1.54) is 0 Å². The minimum absolute atomic E-state index is 0.00976. The molecule has 0 bridgehead atoms. The van der Waals surface area contributed by atoms with Crippen LogP contribution in [0.3, 0.4) is 0 Å². The zero-order chi connectivity index (χ0) is 12.4. The molecule has 0 spiro atoms. The van der Waals surface area contributed by atoms with E-state index >= 15 is 0 Å². The predicted molar refractivity (Wildman–Crippen MR) is 63.8 cm³/mol. The number of carbonyl (C=O) groups is 1. The molecule has 4 heteroatoms. The van der Waals surface area contributed by atoms with Crippen LogP contribution >= 0.6 is 0 Å². The van der Waals surface area contributed by atoms with Gasteiger partial charge in [0.25, 0.3) is 5.91 Å². The van der Waals surface area contributed by atoms with Gasteiger partial charge in [0.15, 0.2) is 5.76 Å². The van der Waals surface area contributed by atoms with Crippen LogP contribution in [0.2, 0.25) is 0 Å². The fraction of sp³-hybridized carbons (Fsp3) is 0.462. The molecule has 1 aliphatic carbocycles. The van der Waals surface area contributed by atoms with Gasteiger partial charge in [0.2, 0.25) is 0 Å². The van der Waals surface area contributed by atoms with Crippen molar-refractivity contribution in [2.24, 2.45) is 5.92 Å². The Bertz CT molecular complexity index is 448. The van der Waals surface area contributed by atoms with E-state index in [1.807, 2.05) is 32.1 Å². The number of aliphatic hydroxyl groups excluding tert-OH is 1. The van der Waals surface area contributed by atoms with Crippen LogP contribution in [0.15, 0.2) is 22.6 Å². The maximum atomic E-state index is 11.9. The van der Waals surface area contributed by atoms with E-state index in [9.17, 15) is 4.79 Å². The van der Waals surface area contributed by atoms with E-state index < -0.39 is 0 Å². The molecule has 0 aliphatic heterocycles. The standard InChI is InChI=1S/C13H17NO3/c1-8-5-9(2)17-12(8)13(16)14-11-4-3-10(6-11)7-15/h3-5,10-11,15H,6-7H2,1-2H3,(H,14,16)/t10-,11+/m0/s1. The molecule has 0 unspecified atom stereocenters. The van der Waals surface area contributed by atoms with Crippen molar-refractivity contribution in [3.8, 4) is 0 Å². The molecule has 1 aliphatic rings. The zero-order valence-electron chi connectivity index (χ0n) is 10.1. The van der Waals surface area contributed by atoms with Gasteiger partial charge in [-0.05, 0) is 26.3 Å². The van der Waals surface area contributed by atoms with Crippen molar-refractivity contribution in [2.75, 3.05) is 6.61 Å². The van der Waals surface area contributed by atoms with Crippen LogP contribution in [-0.2, 0) is 0 Å². The summed E-state index contributed by atoms with van der Waals surface area (Å²) in [6.07, 6.45) is 4.61. The Labute approximate surface area is 100 Å². The molecule has 1 heterocycles. The van der Waals surface area contributed by atoms with Gasteiger partial charge < -0.3 is 14.8 Å². The molecule has 0 radical (unpaired) electrons. The number of nitrogens with one attached hydrogen (secondary N) is 1. The Kier molecular flexibility index (Phi) is 3.33. The maximum absolute atomic E-state index is 11.9. The smallest absolute Gasteiger partial charge is 0.287 e. The fourth-order valence-electron chi connectivity index (χ4n) is 2.12. The lowest BCUT2D eigenvalue weighted by Gasteiger charge is -2.11. The Hall–Kier alpha value is -1.55. The predicted octanol–water partition coefficient (Wildman–Crippen LogP) is 1.56. The molecule has 2 atom stereocenters. The van der Waals surface area contributed by atoms with Crippen molar-refractivity contribution < 1.29 is 14.3 Å². The average Bonchev–Trinajstić information content (AvgIpc) is 2.85. The van der Waals surface area contributed by atoms with Gasteiger partial charge in [0, 0.05) is 24.1 Å². The number of hydrogen-bond donors (Lipinski definition) is 2. The van der Waals surface area contributed by atoms with Crippen molar-refractivity contribution in [2.45, 2.75) is 26.3 Å². The molecule has 92 valence electrons. The highest BCUT2D eigenvalue weighted by Gasteiger charge is 2.22. The molecule has 1 aromatic rings. The SMILES string of the molecule is Cc1cc(C)c(C(=O)N[C@@H]2C=C[C@H](CO)C2)o1. The number of aliphatic hydroxyl groups is 1. The molecule has 0 saturated heterocycles. The van der Waals surface area contributed by atoms with Gasteiger partial charge in [-0.1, -0.05) is 12.2 Å². The van der Waals surface area contributed by atoms with E-state index in [0.717, 1.165) is 17.7 Å². The number of hydrogen-bond acceptors (Lipinski definition) is 3. The summed E-state index contributed by atoms with van der Waals surface area (Å²) in [5, 5.41) is 11.9. The van der Waals surface area contributed by atoms with Gasteiger partial charge in [-0.25, -0.2) is 0 Å². The van der Waals surface area contributed by atoms with E-state index in [0.29, 0.717) is 5.76 Å². The summed E-state index contributed by atoms with van der Waals surface area (Å²) in [5.74, 6) is 1.08. The van der Waals surface area contributed by atoms with Crippen molar-refractivity contribution >= 4 is 5.91 Å². The van der Waals surface area contributed by atoms with Gasteiger partial charge in [0.05, 0.1) is 0 Å².